The molecule has 0 fully saturated rings. The van der Waals surface area contributed by atoms with Gasteiger partial charge in [-0.05, 0) is 31.0 Å². The molecule has 0 unspecified atom stereocenters. The first-order chi connectivity index (χ1) is 10.4. The van der Waals surface area contributed by atoms with Gasteiger partial charge in [-0.3, -0.25) is 4.98 Å². The van der Waals surface area contributed by atoms with Crippen LogP contribution in [0.1, 0.15) is 18.2 Å². The van der Waals surface area contributed by atoms with Crippen LogP contribution in [-0.2, 0) is 13.0 Å². The van der Waals surface area contributed by atoms with Crippen LogP contribution in [0, 0.1) is 0 Å². The standard InChI is InChI=1S/C17H22N4/c1-2-18-17(21-14-16-10-6-7-12-19-16)20-13-11-15-8-4-3-5-9-15/h3-10,12H,2,11,13-14H2,1H3,(H2,18,20,21). The van der Waals surface area contributed by atoms with E-state index in [9.17, 15) is 0 Å². The molecule has 0 saturated heterocycles. The first-order valence-corrected chi connectivity index (χ1v) is 7.34. The van der Waals surface area contributed by atoms with Crippen LogP contribution in [0.3, 0.4) is 0 Å². The van der Waals surface area contributed by atoms with Crippen LogP contribution >= 0.6 is 0 Å². The molecule has 0 radical (unpaired) electrons. The summed E-state index contributed by atoms with van der Waals surface area (Å²) in [5.41, 5.74) is 2.29. The van der Waals surface area contributed by atoms with Crippen molar-refractivity contribution in [2.75, 3.05) is 13.1 Å². The summed E-state index contributed by atoms with van der Waals surface area (Å²) < 4.78 is 0. The third kappa shape index (κ3) is 5.65. The van der Waals surface area contributed by atoms with E-state index in [1.54, 1.807) is 6.20 Å². The Labute approximate surface area is 126 Å². The van der Waals surface area contributed by atoms with Gasteiger partial charge >= 0.3 is 0 Å². The molecule has 2 rings (SSSR count). The molecule has 0 aliphatic heterocycles. The Hall–Kier alpha value is -2.36. The van der Waals surface area contributed by atoms with Crippen molar-refractivity contribution in [2.24, 2.45) is 4.99 Å². The molecule has 0 aliphatic carbocycles. The molecule has 0 atom stereocenters. The van der Waals surface area contributed by atoms with Gasteiger partial charge in [0, 0.05) is 19.3 Å². The van der Waals surface area contributed by atoms with E-state index in [1.165, 1.54) is 5.56 Å². The molecule has 1 aromatic carbocycles. The molecular formula is C17H22N4. The predicted octanol–water partition coefficient (Wildman–Crippen LogP) is 2.38. The highest BCUT2D eigenvalue weighted by Gasteiger charge is 1.98. The first-order valence-electron chi connectivity index (χ1n) is 7.34. The fourth-order valence-electron chi connectivity index (χ4n) is 1.96. The maximum atomic E-state index is 4.55. The minimum absolute atomic E-state index is 0.585. The molecule has 0 amide bonds. The molecule has 0 aliphatic rings. The largest absolute Gasteiger partial charge is 0.357 e. The number of hydrogen-bond acceptors (Lipinski definition) is 2. The van der Waals surface area contributed by atoms with Crippen LogP contribution in [0.2, 0.25) is 0 Å². The fourth-order valence-corrected chi connectivity index (χ4v) is 1.96. The molecule has 4 heteroatoms. The second kappa shape index (κ2) is 8.74. The van der Waals surface area contributed by atoms with Crippen molar-refractivity contribution in [3.63, 3.8) is 0 Å². The Balaban J connectivity index is 1.84. The fraction of sp³-hybridized carbons (Fsp3) is 0.294. The van der Waals surface area contributed by atoms with Gasteiger partial charge in [0.05, 0.1) is 12.2 Å². The van der Waals surface area contributed by atoms with E-state index in [1.807, 2.05) is 24.3 Å². The van der Waals surface area contributed by atoms with E-state index >= 15 is 0 Å². The van der Waals surface area contributed by atoms with Crippen LogP contribution in [0.25, 0.3) is 0 Å². The van der Waals surface area contributed by atoms with Crippen LogP contribution in [0.15, 0.2) is 59.7 Å². The normalized spacial score (nSPS) is 11.2. The second-order valence-corrected chi connectivity index (χ2v) is 4.68. The lowest BCUT2D eigenvalue weighted by Gasteiger charge is -2.11. The summed E-state index contributed by atoms with van der Waals surface area (Å²) in [5, 5.41) is 6.60. The molecule has 0 bridgehead atoms. The van der Waals surface area contributed by atoms with Crippen molar-refractivity contribution in [1.82, 2.24) is 15.6 Å². The Morgan fingerprint density at radius 1 is 1.05 bits per heavy atom. The van der Waals surface area contributed by atoms with E-state index in [0.29, 0.717) is 6.54 Å². The van der Waals surface area contributed by atoms with Crippen molar-refractivity contribution < 1.29 is 0 Å². The summed E-state index contributed by atoms with van der Waals surface area (Å²) in [7, 11) is 0. The lowest BCUT2D eigenvalue weighted by Crippen LogP contribution is -2.38. The van der Waals surface area contributed by atoms with Gasteiger partial charge in [-0.25, -0.2) is 4.99 Å². The minimum Gasteiger partial charge on any atom is -0.357 e. The number of pyridine rings is 1. The highest BCUT2D eigenvalue weighted by Crippen LogP contribution is 1.98. The van der Waals surface area contributed by atoms with Crippen LogP contribution in [0.4, 0.5) is 0 Å². The lowest BCUT2D eigenvalue weighted by atomic mass is 10.1. The zero-order valence-electron chi connectivity index (χ0n) is 12.4. The summed E-state index contributed by atoms with van der Waals surface area (Å²) in [6, 6.07) is 16.3. The smallest absolute Gasteiger partial charge is 0.191 e. The average molecular weight is 282 g/mol. The van der Waals surface area contributed by atoms with Gasteiger partial charge in [0.1, 0.15) is 0 Å². The Morgan fingerprint density at radius 2 is 1.86 bits per heavy atom. The third-order valence-corrected chi connectivity index (χ3v) is 3.02. The van der Waals surface area contributed by atoms with Crippen molar-refractivity contribution in [1.29, 1.82) is 0 Å². The second-order valence-electron chi connectivity index (χ2n) is 4.68. The van der Waals surface area contributed by atoms with Gasteiger partial charge in [0.25, 0.3) is 0 Å². The summed E-state index contributed by atoms with van der Waals surface area (Å²) in [6.45, 7) is 4.36. The molecule has 2 N–H and O–H groups in total. The molecule has 0 spiro atoms. The molecular weight excluding hydrogens is 260 g/mol. The summed E-state index contributed by atoms with van der Waals surface area (Å²) in [5.74, 6) is 0.832. The number of benzene rings is 1. The molecule has 1 heterocycles. The molecule has 110 valence electrons. The maximum Gasteiger partial charge on any atom is 0.191 e. The summed E-state index contributed by atoms with van der Waals surface area (Å²) in [6.07, 6.45) is 2.77. The lowest BCUT2D eigenvalue weighted by molar-refractivity contribution is 0.797. The average Bonchev–Trinajstić information content (AvgIpc) is 2.54. The third-order valence-electron chi connectivity index (χ3n) is 3.02. The molecule has 0 saturated carbocycles. The number of aliphatic imine (C=N–C) groups is 1. The van der Waals surface area contributed by atoms with Gasteiger partial charge in [-0.15, -0.1) is 0 Å². The Morgan fingerprint density at radius 3 is 2.57 bits per heavy atom. The van der Waals surface area contributed by atoms with Gasteiger partial charge < -0.3 is 10.6 Å². The van der Waals surface area contributed by atoms with E-state index in [4.69, 9.17) is 0 Å². The molecule has 4 nitrogen and oxygen atoms in total. The van der Waals surface area contributed by atoms with Crippen molar-refractivity contribution in [3.05, 3.63) is 66.0 Å². The van der Waals surface area contributed by atoms with Crippen molar-refractivity contribution >= 4 is 5.96 Å². The first kappa shape index (κ1) is 15.0. The van der Waals surface area contributed by atoms with Crippen LogP contribution in [0.5, 0.6) is 0 Å². The van der Waals surface area contributed by atoms with Gasteiger partial charge in [-0.2, -0.15) is 0 Å². The number of rotatable bonds is 6. The summed E-state index contributed by atoms with van der Waals surface area (Å²) >= 11 is 0. The monoisotopic (exact) mass is 282 g/mol. The minimum atomic E-state index is 0.585. The van der Waals surface area contributed by atoms with Gasteiger partial charge in [-0.1, -0.05) is 36.4 Å². The SMILES string of the molecule is CCNC(=NCc1ccccn1)NCCc1ccccc1. The zero-order chi connectivity index (χ0) is 14.8. The van der Waals surface area contributed by atoms with E-state index < -0.39 is 0 Å². The van der Waals surface area contributed by atoms with Gasteiger partial charge in [0.15, 0.2) is 5.96 Å². The quantitative estimate of drug-likeness (QED) is 0.632. The van der Waals surface area contributed by atoms with Crippen molar-refractivity contribution in [3.8, 4) is 0 Å². The highest BCUT2D eigenvalue weighted by atomic mass is 15.2. The van der Waals surface area contributed by atoms with Gasteiger partial charge in [0.2, 0.25) is 0 Å². The zero-order valence-corrected chi connectivity index (χ0v) is 12.4. The van der Waals surface area contributed by atoms with Crippen molar-refractivity contribution in [2.45, 2.75) is 19.9 Å². The molecule has 1 aromatic heterocycles. The highest BCUT2D eigenvalue weighted by molar-refractivity contribution is 5.79. The Bertz CT molecular complexity index is 537. The van der Waals surface area contributed by atoms with Crippen LogP contribution in [-0.4, -0.2) is 24.0 Å². The maximum absolute atomic E-state index is 4.55. The van der Waals surface area contributed by atoms with E-state index in [-0.39, 0.29) is 0 Å². The topological polar surface area (TPSA) is 49.3 Å². The van der Waals surface area contributed by atoms with E-state index in [0.717, 1.165) is 31.2 Å². The Kier molecular flexibility index (Phi) is 6.26. The number of nitrogens with one attached hydrogen (secondary N) is 2. The number of guanidine groups is 1. The van der Waals surface area contributed by atoms with Crippen LogP contribution < -0.4 is 10.6 Å². The summed E-state index contributed by atoms with van der Waals surface area (Å²) in [4.78, 5) is 8.82. The number of hydrogen-bond donors (Lipinski definition) is 2. The van der Waals surface area contributed by atoms with E-state index in [2.05, 4.69) is 51.8 Å². The number of aromatic nitrogens is 1. The predicted molar refractivity (Wildman–Crippen MR) is 87.2 cm³/mol. The molecule has 21 heavy (non-hydrogen) atoms. The number of nitrogens with zero attached hydrogens (tertiary/aromatic N) is 2. The molecule has 2 aromatic rings.